The van der Waals surface area contributed by atoms with Gasteiger partial charge in [0.05, 0.1) is 26.4 Å². The van der Waals surface area contributed by atoms with Crippen LogP contribution in [0.15, 0.2) is 12.3 Å². The molecule has 90 valence electrons. The maximum absolute atomic E-state index is 5.37. The summed E-state index contributed by atoms with van der Waals surface area (Å²) >= 11 is 5.37. The molecule has 0 unspecified atom stereocenters. The fourth-order valence-electron chi connectivity index (χ4n) is 1.78. The number of hydrogen-bond acceptors (Lipinski definition) is 4. The molecule has 2 heterocycles. The average molecular weight is 242 g/mol. The lowest BCUT2D eigenvalue weighted by molar-refractivity contribution is 0.0592. The molecule has 0 radical (unpaired) electrons. The lowest BCUT2D eigenvalue weighted by Crippen LogP contribution is -2.39. The van der Waals surface area contributed by atoms with E-state index in [0.717, 1.165) is 57.6 Å². The van der Waals surface area contributed by atoms with E-state index in [4.69, 9.17) is 21.7 Å². The molecule has 0 bridgehead atoms. The predicted molar refractivity (Wildman–Crippen MR) is 66.5 cm³/mol. The van der Waals surface area contributed by atoms with Crippen molar-refractivity contribution in [1.29, 1.82) is 0 Å². The summed E-state index contributed by atoms with van der Waals surface area (Å²) in [5.74, 6) is 0. The van der Waals surface area contributed by atoms with Gasteiger partial charge in [-0.25, -0.2) is 0 Å². The van der Waals surface area contributed by atoms with Crippen LogP contribution in [0.4, 0.5) is 0 Å². The van der Waals surface area contributed by atoms with E-state index < -0.39 is 0 Å². The van der Waals surface area contributed by atoms with Crippen LogP contribution in [0.1, 0.15) is 0 Å². The van der Waals surface area contributed by atoms with Crippen molar-refractivity contribution >= 4 is 17.2 Å². The Kier molecular flexibility index (Phi) is 4.56. The predicted octanol–water partition coefficient (Wildman–Crippen LogP) is 0.492. The first-order chi connectivity index (χ1) is 7.86. The zero-order valence-electron chi connectivity index (χ0n) is 9.43. The second-order valence-electron chi connectivity index (χ2n) is 3.90. The quantitative estimate of drug-likeness (QED) is 0.518. The highest BCUT2D eigenvalue weighted by molar-refractivity contribution is 7.80. The molecule has 2 saturated heterocycles. The number of thiocarbonyl (C=S) groups is 1. The molecule has 0 saturated carbocycles. The summed E-state index contributed by atoms with van der Waals surface area (Å²) in [4.78, 5) is 5.35. The van der Waals surface area contributed by atoms with Gasteiger partial charge in [-0.3, -0.25) is 0 Å². The maximum Gasteiger partial charge on any atom is 0.103 e. The first kappa shape index (κ1) is 11.8. The standard InChI is InChI=1S/C11H18N2O2S/c16-11(13-5-9-15-10-6-13)1-2-12-3-7-14-8-4-12/h1-2H,3-10H2. The van der Waals surface area contributed by atoms with Crippen molar-refractivity contribution in [2.45, 2.75) is 0 Å². The van der Waals surface area contributed by atoms with Gasteiger partial charge >= 0.3 is 0 Å². The largest absolute Gasteiger partial charge is 0.378 e. The Labute approximate surface area is 102 Å². The summed E-state index contributed by atoms with van der Waals surface area (Å²) in [6, 6.07) is 0. The molecule has 0 aromatic heterocycles. The SMILES string of the molecule is S=C(C=CN1CCOCC1)N1CCOCC1. The zero-order chi connectivity index (χ0) is 11.2. The van der Waals surface area contributed by atoms with E-state index in [9.17, 15) is 0 Å². The molecule has 5 heteroatoms. The summed E-state index contributed by atoms with van der Waals surface area (Å²) in [6.07, 6.45) is 4.10. The van der Waals surface area contributed by atoms with E-state index >= 15 is 0 Å². The van der Waals surface area contributed by atoms with Crippen LogP contribution in [0, 0.1) is 0 Å². The molecule has 0 aromatic rings. The fraction of sp³-hybridized carbons (Fsp3) is 0.727. The van der Waals surface area contributed by atoms with Gasteiger partial charge in [0, 0.05) is 32.4 Å². The molecule has 2 aliphatic heterocycles. The van der Waals surface area contributed by atoms with Crippen molar-refractivity contribution in [3.05, 3.63) is 12.3 Å². The van der Waals surface area contributed by atoms with E-state index in [1.54, 1.807) is 0 Å². The summed E-state index contributed by atoms with van der Waals surface area (Å²) in [6.45, 7) is 6.93. The van der Waals surface area contributed by atoms with Crippen LogP contribution in [0.3, 0.4) is 0 Å². The minimum atomic E-state index is 0.783. The smallest absolute Gasteiger partial charge is 0.103 e. The van der Waals surface area contributed by atoms with E-state index in [-0.39, 0.29) is 0 Å². The molecule has 2 aliphatic rings. The lowest BCUT2D eigenvalue weighted by Gasteiger charge is -2.29. The molecule has 0 amide bonds. The van der Waals surface area contributed by atoms with E-state index in [1.165, 1.54) is 0 Å². The molecule has 0 aromatic carbocycles. The topological polar surface area (TPSA) is 24.9 Å². The number of nitrogens with zero attached hydrogens (tertiary/aromatic N) is 2. The second-order valence-corrected chi connectivity index (χ2v) is 4.32. The first-order valence-corrected chi connectivity index (χ1v) is 6.14. The zero-order valence-corrected chi connectivity index (χ0v) is 10.2. The van der Waals surface area contributed by atoms with Crippen LogP contribution >= 0.6 is 12.2 Å². The van der Waals surface area contributed by atoms with E-state index in [1.807, 2.05) is 6.08 Å². The van der Waals surface area contributed by atoms with Crippen LogP contribution in [-0.4, -0.2) is 67.4 Å². The van der Waals surface area contributed by atoms with Gasteiger partial charge < -0.3 is 19.3 Å². The van der Waals surface area contributed by atoms with Crippen molar-refractivity contribution in [2.24, 2.45) is 0 Å². The minimum absolute atomic E-state index is 0.783. The third-order valence-electron chi connectivity index (χ3n) is 2.80. The van der Waals surface area contributed by atoms with Gasteiger partial charge in [0.25, 0.3) is 0 Å². The first-order valence-electron chi connectivity index (χ1n) is 5.73. The Hall–Kier alpha value is -0.650. The van der Waals surface area contributed by atoms with E-state index in [0.29, 0.717) is 0 Å². The summed E-state index contributed by atoms with van der Waals surface area (Å²) in [5, 5.41) is 0. The third kappa shape index (κ3) is 3.43. The normalized spacial score (nSPS) is 22.8. The van der Waals surface area contributed by atoms with Crippen LogP contribution in [0.5, 0.6) is 0 Å². The highest BCUT2D eigenvalue weighted by atomic mass is 32.1. The molecule has 0 aliphatic carbocycles. The van der Waals surface area contributed by atoms with Crippen molar-refractivity contribution in [2.75, 3.05) is 52.6 Å². The van der Waals surface area contributed by atoms with Gasteiger partial charge in [0.2, 0.25) is 0 Å². The lowest BCUT2D eigenvalue weighted by atomic mass is 10.4. The van der Waals surface area contributed by atoms with Gasteiger partial charge in [0.1, 0.15) is 4.99 Å². The van der Waals surface area contributed by atoms with Crippen LogP contribution < -0.4 is 0 Å². The second kappa shape index (κ2) is 6.18. The van der Waals surface area contributed by atoms with Crippen LogP contribution in [0.25, 0.3) is 0 Å². The Morgan fingerprint density at radius 3 is 2.12 bits per heavy atom. The molecule has 4 nitrogen and oxygen atoms in total. The van der Waals surface area contributed by atoms with Crippen molar-refractivity contribution in [3.8, 4) is 0 Å². The minimum Gasteiger partial charge on any atom is -0.378 e. The van der Waals surface area contributed by atoms with Crippen molar-refractivity contribution < 1.29 is 9.47 Å². The van der Waals surface area contributed by atoms with Crippen molar-refractivity contribution in [3.63, 3.8) is 0 Å². The summed E-state index contributed by atoms with van der Waals surface area (Å²) in [7, 11) is 0. The van der Waals surface area contributed by atoms with Gasteiger partial charge in [-0.1, -0.05) is 12.2 Å². The maximum atomic E-state index is 5.37. The average Bonchev–Trinajstić information content (AvgIpc) is 2.38. The Morgan fingerprint density at radius 2 is 1.50 bits per heavy atom. The number of rotatable bonds is 2. The highest BCUT2D eigenvalue weighted by Crippen LogP contribution is 2.02. The molecule has 16 heavy (non-hydrogen) atoms. The van der Waals surface area contributed by atoms with Gasteiger partial charge in [0.15, 0.2) is 0 Å². The Bertz CT molecular complexity index is 259. The van der Waals surface area contributed by atoms with Crippen molar-refractivity contribution in [1.82, 2.24) is 9.80 Å². The molecule has 2 fully saturated rings. The third-order valence-corrected chi connectivity index (χ3v) is 3.19. The summed E-state index contributed by atoms with van der Waals surface area (Å²) < 4.78 is 10.6. The molecular weight excluding hydrogens is 224 g/mol. The molecule has 2 rings (SSSR count). The number of ether oxygens (including phenoxy) is 2. The van der Waals surface area contributed by atoms with Gasteiger partial charge in [-0.05, 0) is 6.08 Å². The Morgan fingerprint density at radius 1 is 0.938 bits per heavy atom. The Balaban J connectivity index is 1.78. The van der Waals surface area contributed by atoms with E-state index in [2.05, 4.69) is 16.0 Å². The highest BCUT2D eigenvalue weighted by Gasteiger charge is 2.12. The van der Waals surface area contributed by atoms with Gasteiger partial charge in [-0.2, -0.15) is 0 Å². The number of morpholine rings is 2. The van der Waals surface area contributed by atoms with Crippen LogP contribution in [0.2, 0.25) is 0 Å². The number of hydrogen-bond donors (Lipinski definition) is 0. The molecule has 0 atom stereocenters. The molecule has 0 spiro atoms. The monoisotopic (exact) mass is 242 g/mol. The summed E-state index contributed by atoms with van der Waals surface area (Å²) in [5.41, 5.74) is 0. The van der Waals surface area contributed by atoms with Crippen LogP contribution in [-0.2, 0) is 9.47 Å². The fourth-order valence-corrected chi connectivity index (χ4v) is 2.03. The molecule has 0 N–H and O–H groups in total. The molecular formula is C11H18N2O2S. The van der Waals surface area contributed by atoms with Gasteiger partial charge in [-0.15, -0.1) is 0 Å².